The molecule has 0 spiro atoms. The summed E-state index contributed by atoms with van der Waals surface area (Å²) in [7, 11) is 0. The van der Waals surface area contributed by atoms with Gasteiger partial charge in [-0.3, -0.25) is 9.59 Å². The first kappa shape index (κ1) is 15.3. The molecule has 0 radical (unpaired) electrons. The lowest BCUT2D eigenvalue weighted by atomic mass is 10.2. The number of pyridine rings is 1. The van der Waals surface area contributed by atoms with E-state index in [9.17, 15) is 9.59 Å². The van der Waals surface area contributed by atoms with Gasteiger partial charge < -0.3 is 15.2 Å². The van der Waals surface area contributed by atoms with E-state index in [4.69, 9.17) is 0 Å². The van der Waals surface area contributed by atoms with Gasteiger partial charge in [0.15, 0.2) is 0 Å². The van der Waals surface area contributed by atoms with E-state index in [-0.39, 0.29) is 17.0 Å². The highest BCUT2D eigenvalue weighted by atomic mass is 16.2. The molecule has 1 amide bonds. The van der Waals surface area contributed by atoms with E-state index in [1.165, 1.54) is 11.3 Å². The Hall–Kier alpha value is -2.56. The van der Waals surface area contributed by atoms with Crippen LogP contribution in [0.3, 0.4) is 0 Å². The minimum atomic E-state index is -0.337. The van der Waals surface area contributed by atoms with E-state index in [2.05, 4.69) is 39.5 Å². The number of hydrogen-bond donors (Lipinski definition) is 2. The molecule has 1 aliphatic rings. The standard InChI is InChI=1S/C18H21N3O2/c1-13-7-8-15(18(23)20-13)17(22)19-10-4-11-21-12-9-14-5-2-3-6-16(14)21/h2-3,5-8H,4,9-12H2,1H3,(H,19,22)(H,20,23). The van der Waals surface area contributed by atoms with Crippen LogP contribution < -0.4 is 15.8 Å². The lowest BCUT2D eigenvalue weighted by molar-refractivity contribution is 0.0952. The first-order valence-electron chi connectivity index (χ1n) is 7.96. The minimum Gasteiger partial charge on any atom is -0.371 e. The van der Waals surface area contributed by atoms with Gasteiger partial charge in [-0.05, 0) is 43.5 Å². The van der Waals surface area contributed by atoms with Gasteiger partial charge in [0, 0.05) is 31.0 Å². The number of amides is 1. The van der Waals surface area contributed by atoms with Crippen molar-refractivity contribution in [2.45, 2.75) is 19.8 Å². The second-order valence-electron chi connectivity index (χ2n) is 5.86. The number of rotatable bonds is 5. The molecule has 2 aromatic rings. The molecule has 0 fully saturated rings. The van der Waals surface area contributed by atoms with E-state index >= 15 is 0 Å². The second-order valence-corrected chi connectivity index (χ2v) is 5.86. The smallest absolute Gasteiger partial charge is 0.260 e. The van der Waals surface area contributed by atoms with Crippen LogP contribution in [0.2, 0.25) is 0 Å². The molecule has 23 heavy (non-hydrogen) atoms. The van der Waals surface area contributed by atoms with E-state index in [0.717, 1.165) is 31.6 Å². The van der Waals surface area contributed by atoms with Crippen LogP contribution >= 0.6 is 0 Å². The summed E-state index contributed by atoms with van der Waals surface area (Å²) in [6.45, 7) is 4.29. The molecule has 2 N–H and O–H groups in total. The van der Waals surface area contributed by atoms with Crippen LogP contribution in [0, 0.1) is 6.92 Å². The third-order valence-corrected chi connectivity index (χ3v) is 4.17. The van der Waals surface area contributed by atoms with Crippen molar-refractivity contribution in [2.75, 3.05) is 24.5 Å². The summed E-state index contributed by atoms with van der Waals surface area (Å²) in [5.41, 5.74) is 3.27. The Kier molecular flexibility index (Phi) is 4.46. The molecule has 0 atom stereocenters. The number of fused-ring (bicyclic) bond motifs is 1. The van der Waals surface area contributed by atoms with Crippen LogP contribution in [0.1, 0.15) is 28.0 Å². The van der Waals surface area contributed by atoms with E-state index in [1.807, 2.05) is 0 Å². The maximum atomic E-state index is 12.0. The van der Waals surface area contributed by atoms with Gasteiger partial charge in [0.1, 0.15) is 5.56 Å². The van der Waals surface area contributed by atoms with Crippen molar-refractivity contribution in [1.82, 2.24) is 10.3 Å². The van der Waals surface area contributed by atoms with E-state index < -0.39 is 0 Å². The normalized spacial score (nSPS) is 13.0. The second kappa shape index (κ2) is 6.69. The summed E-state index contributed by atoms with van der Waals surface area (Å²) < 4.78 is 0. The van der Waals surface area contributed by atoms with Crippen LogP contribution in [-0.2, 0) is 6.42 Å². The molecule has 0 saturated carbocycles. The third-order valence-electron chi connectivity index (χ3n) is 4.17. The van der Waals surface area contributed by atoms with Gasteiger partial charge in [-0.15, -0.1) is 0 Å². The number of para-hydroxylation sites is 1. The average molecular weight is 311 g/mol. The quantitative estimate of drug-likeness (QED) is 0.829. The fourth-order valence-corrected chi connectivity index (χ4v) is 2.96. The number of H-pyrrole nitrogens is 1. The van der Waals surface area contributed by atoms with Crippen LogP contribution in [0.4, 0.5) is 5.69 Å². The number of nitrogens with one attached hydrogen (secondary N) is 2. The van der Waals surface area contributed by atoms with Gasteiger partial charge in [-0.1, -0.05) is 18.2 Å². The number of nitrogens with zero attached hydrogens (tertiary/aromatic N) is 1. The average Bonchev–Trinajstić information content (AvgIpc) is 2.94. The van der Waals surface area contributed by atoms with Gasteiger partial charge in [0.2, 0.25) is 0 Å². The molecular formula is C18H21N3O2. The molecule has 1 aromatic heterocycles. The Labute approximate surface area is 135 Å². The molecule has 0 saturated heterocycles. The molecule has 3 rings (SSSR count). The van der Waals surface area contributed by atoms with Gasteiger partial charge >= 0.3 is 0 Å². The molecule has 120 valence electrons. The maximum Gasteiger partial charge on any atom is 0.260 e. The number of hydrogen-bond acceptors (Lipinski definition) is 3. The van der Waals surface area contributed by atoms with Crippen LogP contribution in [0.5, 0.6) is 0 Å². The zero-order valence-corrected chi connectivity index (χ0v) is 13.3. The van der Waals surface area contributed by atoms with Crippen LogP contribution in [0.25, 0.3) is 0 Å². The number of carbonyl (C=O) groups is 1. The van der Waals surface area contributed by atoms with Crippen molar-refractivity contribution in [3.8, 4) is 0 Å². The summed E-state index contributed by atoms with van der Waals surface area (Å²) in [4.78, 5) is 28.8. The third kappa shape index (κ3) is 3.44. The summed E-state index contributed by atoms with van der Waals surface area (Å²) in [6.07, 6.45) is 1.94. The van der Waals surface area contributed by atoms with Crippen molar-refractivity contribution in [1.29, 1.82) is 0 Å². The largest absolute Gasteiger partial charge is 0.371 e. The predicted octanol–water partition coefficient (Wildman–Crippen LogP) is 1.87. The fraction of sp³-hybridized carbons (Fsp3) is 0.333. The van der Waals surface area contributed by atoms with E-state index in [0.29, 0.717) is 6.54 Å². The summed E-state index contributed by atoms with van der Waals surface area (Å²) >= 11 is 0. The lowest BCUT2D eigenvalue weighted by Gasteiger charge is -2.19. The van der Waals surface area contributed by atoms with E-state index in [1.54, 1.807) is 19.1 Å². The highest BCUT2D eigenvalue weighted by molar-refractivity contribution is 5.93. The number of aromatic amines is 1. The van der Waals surface area contributed by atoms with Gasteiger partial charge in [0.25, 0.3) is 11.5 Å². The van der Waals surface area contributed by atoms with Gasteiger partial charge in [-0.2, -0.15) is 0 Å². The first-order chi connectivity index (χ1) is 11.1. The van der Waals surface area contributed by atoms with Crippen LogP contribution in [-0.4, -0.2) is 30.5 Å². The zero-order chi connectivity index (χ0) is 16.2. The van der Waals surface area contributed by atoms with Crippen molar-refractivity contribution in [3.63, 3.8) is 0 Å². The molecule has 0 bridgehead atoms. The van der Waals surface area contributed by atoms with Crippen molar-refractivity contribution >= 4 is 11.6 Å². The van der Waals surface area contributed by atoms with Gasteiger partial charge in [-0.25, -0.2) is 0 Å². The van der Waals surface area contributed by atoms with Gasteiger partial charge in [0.05, 0.1) is 0 Å². The number of anilines is 1. The monoisotopic (exact) mass is 311 g/mol. The summed E-state index contributed by atoms with van der Waals surface area (Å²) in [5.74, 6) is -0.312. The molecule has 2 heterocycles. The van der Waals surface area contributed by atoms with Crippen molar-refractivity contribution < 1.29 is 4.79 Å². The minimum absolute atomic E-state index is 0.169. The highest BCUT2D eigenvalue weighted by Gasteiger charge is 2.17. The lowest BCUT2D eigenvalue weighted by Crippen LogP contribution is -2.32. The number of carbonyl (C=O) groups excluding carboxylic acids is 1. The Morgan fingerprint density at radius 2 is 2.09 bits per heavy atom. The van der Waals surface area contributed by atoms with Crippen LogP contribution in [0.15, 0.2) is 41.2 Å². The Morgan fingerprint density at radius 3 is 2.91 bits per heavy atom. The number of aromatic nitrogens is 1. The molecular weight excluding hydrogens is 290 g/mol. The molecule has 0 unspecified atom stereocenters. The molecule has 5 heteroatoms. The number of aryl methyl sites for hydroxylation is 1. The zero-order valence-electron chi connectivity index (χ0n) is 13.3. The summed E-state index contributed by atoms with van der Waals surface area (Å²) in [5, 5.41) is 2.82. The molecule has 1 aliphatic heterocycles. The predicted molar refractivity (Wildman–Crippen MR) is 91.1 cm³/mol. The fourth-order valence-electron chi connectivity index (χ4n) is 2.96. The Bertz CT molecular complexity index is 767. The topological polar surface area (TPSA) is 65.2 Å². The maximum absolute atomic E-state index is 12.0. The highest BCUT2D eigenvalue weighted by Crippen LogP contribution is 2.27. The number of benzene rings is 1. The summed E-state index contributed by atoms with van der Waals surface area (Å²) in [6, 6.07) is 11.7. The Morgan fingerprint density at radius 1 is 1.26 bits per heavy atom. The van der Waals surface area contributed by atoms with Crippen molar-refractivity contribution in [2.24, 2.45) is 0 Å². The SMILES string of the molecule is Cc1ccc(C(=O)NCCCN2CCc3ccccc32)c(=O)[nH]1. The molecule has 1 aromatic carbocycles. The molecule has 5 nitrogen and oxygen atoms in total. The molecule has 0 aliphatic carbocycles. The van der Waals surface area contributed by atoms with Crippen molar-refractivity contribution in [3.05, 3.63) is 63.6 Å². The first-order valence-corrected chi connectivity index (χ1v) is 7.96. The Balaban J connectivity index is 1.49.